The van der Waals surface area contributed by atoms with Crippen molar-refractivity contribution in [3.05, 3.63) is 106 Å². The summed E-state index contributed by atoms with van der Waals surface area (Å²) in [5.41, 5.74) is 4.22. The van der Waals surface area contributed by atoms with Gasteiger partial charge in [-0.05, 0) is 48.9 Å². The van der Waals surface area contributed by atoms with E-state index in [1.165, 1.54) is 30.1 Å². The molecule has 0 saturated heterocycles. The molecule has 0 bridgehead atoms. The van der Waals surface area contributed by atoms with Gasteiger partial charge in [0.1, 0.15) is 12.1 Å². The lowest BCUT2D eigenvalue weighted by Crippen LogP contribution is -2.13. The number of nitrogens with zero attached hydrogens (tertiary/aromatic N) is 2. The van der Waals surface area contributed by atoms with Crippen LogP contribution in [0.1, 0.15) is 31.8 Å². The monoisotopic (exact) mass is 472 g/mol. The van der Waals surface area contributed by atoms with Gasteiger partial charge in [0.2, 0.25) is 0 Å². The lowest BCUT2D eigenvalue weighted by molar-refractivity contribution is 0.0697. The number of aromatic nitrogens is 2. The summed E-state index contributed by atoms with van der Waals surface area (Å²) in [6.07, 6.45) is 1.44. The number of amides is 1. The van der Waals surface area contributed by atoms with Gasteiger partial charge in [0.05, 0.1) is 16.9 Å². The second-order valence-corrected chi connectivity index (χ2v) is 8.10. The number of aromatic carboxylic acids is 1. The molecule has 34 heavy (non-hydrogen) atoms. The van der Waals surface area contributed by atoms with Gasteiger partial charge in [-0.15, -0.1) is 0 Å². The van der Waals surface area contributed by atoms with E-state index in [0.717, 1.165) is 5.56 Å². The standard InChI is InChI=1S/C26H21ClN4O3/c1-16-4-2-5-17(10-16)14-28-24-13-23(29-15-30-24)21-12-20(27)8-9-22(21)31-25(32)18-6-3-7-19(11-18)26(33)34/h2-13,15H,14H2,1H3,(H,31,32)(H,33,34)(H,28,29,30). The van der Waals surface area contributed by atoms with Crippen LogP contribution in [0.2, 0.25) is 5.02 Å². The van der Waals surface area contributed by atoms with E-state index < -0.39 is 11.9 Å². The van der Waals surface area contributed by atoms with Gasteiger partial charge in [-0.1, -0.05) is 47.5 Å². The first-order valence-electron chi connectivity index (χ1n) is 10.4. The fourth-order valence-corrected chi connectivity index (χ4v) is 3.61. The summed E-state index contributed by atoms with van der Waals surface area (Å²) in [6.45, 7) is 2.64. The van der Waals surface area contributed by atoms with Crippen molar-refractivity contribution in [3.63, 3.8) is 0 Å². The topological polar surface area (TPSA) is 104 Å². The highest BCUT2D eigenvalue weighted by Crippen LogP contribution is 2.31. The molecule has 1 aromatic heterocycles. The smallest absolute Gasteiger partial charge is 0.335 e. The zero-order valence-electron chi connectivity index (χ0n) is 18.2. The largest absolute Gasteiger partial charge is 0.478 e. The first-order chi connectivity index (χ1) is 16.4. The minimum atomic E-state index is -1.10. The fraction of sp³-hybridized carbons (Fsp3) is 0.0769. The molecule has 0 aliphatic heterocycles. The second kappa shape index (κ2) is 10.1. The fourth-order valence-electron chi connectivity index (χ4n) is 3.44. The van der Waals surface area contributed by atoms with Crippen LogP contribution in [0.25, 0.3) is 11.3 Å². The van der Waals surface area contributed by atoms with Crippen LogP contribution >= 0.6 is 11.6 Å². The van der Waals surface area contributed by atoms with Gasteiger partial charge < -0.3 is 15.7 Å². The molecule has 8 heteroatoms. The number of hydrogen-bond donors (Lipinski definition) is 3. The lowest BCUT2D eigenvalue weighted by atomic mass is 10.1. The molecule has 7 nitrogen and oxygen atoms in total. The van der Waals surface area contributed by atoms with Crippen LogP contribution in [0.4, 0.5) is 11.5 Å². The number of aryl methyl sites for hydroxylation is 1. The Balaban J connectivity index is 1.58. The molecule has 0 aliphatic rings. The molecule has 0 radical (unpaired) electrons. The van der Waals surface area contributed by atoms with Crippen molar-refractivity contribution in [1.82, 2.24) is 9.97 Å². The van der Waals surface area contributed by atoms with Crippen LogP contribution in [-0.2, 0) is 6.54 Å². The summed E-state index contributed by atoms with van der Waals surface area (Å²) in [7, 11) is 0. The number of benzene rings is 3. The lowest BCUT2D eigenvalue weighted by Gasteiger charge is -2.13. The molecule has 3 aromatic carbocycles. The third-order valence-corrected chi connectivity index (χ3v) is 5.34. The minimum absolute atomic E-state index is 0.0316. The van der Waals surface area contributed by atoms with Crippen molar-refractivity contribution in [1.29, 1.82) is 0 Å². The van der Waals surface area contributed by atoms with Crippen molar-refractivity contribution >= 4 is 35.0 Å². The Morgan fingerprint density at radius 1 is 0.941 bits per heavy atom. The highest BCUT2D eigenvalue weighted by Gasteiger charge is 2.14. The van der Waals surface area contributed by atoms with Crippen LogP contribution in [-0.4, -0.2) is 27.0 Å². The van der Waals surface area contributed by atoms with Crippen LogP contribution in [0.15, 0.2) is 79.1 Å². The van der Waals surface area contributed by atoms with E-state index in [-0.39, 0.29) is 11.1 Å². The van der Waals surface area contributed by atoms with E-state index in [9.17, 15) is 14.7 Å². The molecule has 4 rings (SSSR count). The number of carboxylic acids is 1. The summed E-state index contributed by atoms with van der Waals surface area (Å²) in [4.78, 5) is 32.7. The van der Waals surface area contributed by atoms with E-state index in [1.807, 2.05) is 25.1 Å². The summed E-state index contributed by atoms with van der Waals surface area (Å²) in [6, 6.07) is 20.8. The number of carbonyl (C=O) groups is 2. The predicted molar refractivity (Wildman–Crippen MR) is 132 cm³/mol. The zero-order chi connectivity index (χ0) is 24.1. The van der Waals surface area contributed by atoms with E-state index in [1.54, 1.807) is 30.3 Å². The highest BCUT2D eigenvalue weighted by atomic mass is 35.5. The Labute approximate surface area is 201 Å². The Morgan fingerprint density at radius 2 is 1.74 bits per heavy atom. The van der Waals surface area contributed by atoms with Gasteiger partial charge in [0.15, 0.2) is 0 Å². The number of nitrogens with one attached hydrogen (secondary N) is 2. The molecule has 170 valence electrons. The number of halogens is 1. The van der Waals surface area contributed by atoms with Crippen LogP contribution < -0.4 is 10.6 Å². The third-order valence-electron chi connectivity index (χ3n) is 5.10. The number of hydrogen-bond acceptors (Lipinski definition) is 5. The van der Waals surface area contributed by atoms with E-state index in [0.29, 0.717) is 34.3 Å². The summed E-state index contributed by atoms with van der Waals surface area (Å²) in [5.74, 6) is -0.926. The predicted octanol–water partition coefficient (Wildman–Crippen LogP) is 5.67. The Kier molecular flexibility index (Phi) is 6.85. The molecule has 0 fully saturated rings. The Bertz CT molecular complexity index is 1370. The van der Waals surface area contributed by atoms with Gasteiger partial charge in [-0.25, -0.2) is 14.8 Å². The quantitative estimate of drug-likeness (QED) is 0.320. The maximum atomic E-state index is 12.8. The van der Waals surface area contributed by atoms with Gasteiger partial charge in [0.25, 0.3) is 5.91 Å². The van der Waals surface area contributed by atoms with E-state index in [2.05, 4.69) is 26.7 Å². The van der Waals surface area contributed by atoms with Gasteiger partial charge in [-0.2, -0.15) is 0 Å². The van der Waals surface area contributed by atoms with Crippen molar-refractivity contribution in [3.8, 4) is 11.3 Å². The van der Waals surface area contributed by atoms with E-state index >= 15 is 0 Å². The summed E-state index contributed by atoms with van der Waals surface area (Å²) >= 11 is 6.23. The molecule has 0 atom stereocenters. The minimum Gasteiger partial charge on any atom is -0.478 e. The van der Waals surface area contributed by atoms with Crippen LogP contribution in [0, 0.1) is 6.92 Å². The first kappa shape index (κ1) is 22.9. The Hall–Kier alpha value is -4.23. The third kappa shape index (κ3) is 5.57. The molecule has 0 unspecified atom stereocenters. The van der Waals surface area contributed by atoms with Crippen molar-refractivity contribution in [2.24, 2.45) is 0 Å². The van der Waals surface area contributed by atoms with Crippen molar-refractivity contribution in [2.45, 2.75) is 13.5 Å². The molecule has 3 N–H and O–H groups in total. The molecule has 0 saturated carbocycles. The number of rotatable bonds is 7. The number of carboxylic acid groups (broad SMARTS) is 1. The normalized spacial score (nSPS) is 10.5. The average Bonchev–Trinajstić information content (AvgIpc) is 2.84. The van der Waals surface area contributed by atoms with Crippen LogP contribution in [0.5, 0.6) is 0 Å². The Morgan fingerprint density at radius 3 is 2.53 bits per heavy atom. The number of carbonyl (C=O) groups excluding carboxylic acids is 1. The molecule has 0 spiro atoms. The van der Waals surface area contributed by atoms with Crippen molar-refractivity contribution < 1.29 is 14.7 Å². The molecule has 0 aliphatic carbocycles. The zero-order valence-corrected chi connectivity index (χ0v) is 19.0. The highest BCUT2D eigenvalue weighted by molar-refractivity contribution is 6.31. The van der Waals surface area contributed by atoms with E-state index in [4.69, 9.17) is 11.6 Å². The molecule has 1 amide bonds. The first-order valence-corrected chi connectivity index (χ1v) is 10.8. The summed E-state index contributed by atoms with van der Waals surface area (Å²) < 4.78 is 0. The van der Waals surface area contributed by atoms with Crippen molar-refractivity contribution in [2.75, 3.05) is 10.6 Å². The SMILES string of the molecule is Cc1cccc(CNc2cc(-c3cc(Cl)ccc3NC(=O)c3cccc(C(=O)O)c3)ncn2)c1. The maximum Gasteiger partial charge on any atom is 0.335 e. The van der Waals surface area contributed by atoms with Gasteiger partial charge in [0, 0.05) is 28.8 Å². The molecular weight excluding hydrogens is 452 g/mol. The second-order valence-electron chi connectivity index (χ2n) is 7.66. The van der Waals surface area contributed by atoms with Crippen LogP contribution in [0.3, 0.4) is 0 Å². The van der Waals surface area contributed by atoms with Gasteiger partial charge >= 0.3 is 5.97 Å². The molecule has 4 aromatic rings. The van der Waals surface area contributed by atoms with Gasteiger partial charge in [-0.3, -0.25) is 4.79 Å². The summed E-state index contributed by atoms with van der Waals surface area (Å²) in [5, 5.41) is 15.8. The maximum absolute atomic E-state index is 12.8. The molecular formula is C26H21ClN4O3. The average molecular weight is 473 g/mol. The number of anilines is 2. The molecule has 1 heterocycles.